The van der Waals surface area contributed by atoms with Gasteiger partial charge in [0, 0.05) is 19.5 Å². The Kier molecular flexibility index (Phi) is 5.90. The first-order chi connectivity index (χ1) is 10.3. The fourth-order valence-electron chi connectivity index (χ4n) is 1.78. The topological polar surface area (TPSA) is 77.3 Å². The summed E-state index contributed by atoms with van der Waals surface area (Å²) >= 11 is 0. The molecule has 0 aliphatic heterocycles. The van der Waals surface area contributed by atoms with Crippen LogP contribution in [0.3, 0.4) is 0 Å². The monoisotopic (exact) mass is 289 g/mol. The van der Waals surface area contributed by atoms with E-state index in [0.29, 0.717) is 31.9 Å². The smallest absolute Gasteiger partial charge is 0.310 e. The standard InChI is InChI=1S/C15H19N3O3/c1-12(9-16-8-7-14-17-11-21-18-14)15(19)20-10-13-5-3-2-4-6-13/h2-6,11-12,16H,7-10H2,1H3. The van der Waals surface area contributed by atoms with Gasteiger partial charge in [0.05, 0.1) is 5.92 Å². The van der Waals surface area contributed by atoms with E-state index in [1.807, 2.05) is 37.3 Å². The maximum Gasteiger partial charge on any atom is 0.310 e. The van der Waals surface area contributed by atoms with Gasteiger partial charge < -0.3 is 14.6 Å². The minimum atomic E-state index is -0.203. The van der Waals surface area contributed by atoms with E-state index < -0.39 is 0 Å². The Morgan fingerprint density at radius 2 is 2.19 bits per heavy atom. The Balaban J connectivity index is 1.61. The molecule has 0 radical (unpaired) electrons. The van der Waals surface area contributed by atoms with Crippen molar-refractivity contribution < 1.29 is 14.1 Å². The van der Waals surface area contributed by atoms with Crippen LogP contribution in [0, 0.1) is 5.92 Å². The van der Waals surface area contributed by atoms with Gasteiger partial charge in [-0.1, -0.05) is 42.4 Å². The maximum absolute atomic E-state index is 11.8. The van der Waals surface area contributed by atoms with Gasteiger partial charge in [-0.15, -0.1) is 0 Å². The van der Waals surface area contributed by atoms with Crippen LogP contribution >= 0.6 is 0 Å². The molecule has 1 aromatic heterocycles. The first-order valence-corrected chi connectivity index (χ1v) is 6.92. The lowest BCUT2D eigenvalue weighted by Gasteiger charge is -2.12. The Morgan fingerprint density at radius 1 is 1.38 bits per heavy atom. The summed E-state index contributed by atoms with van der Waals surface area (Å²) in [5, 5.41) is 6.89. The fourth-order valence-corrected chi connectivity index (χ4v) is 1.78. The molecule has 0 amide bonds. The molecule has 1 unspecified atom stereocenters. The summed E-state index contributed by atoms with van der Waals surface area (Å²) in [5.41, 5.74) is 0.989. The van der Waals surface area contributed by atoms with Crippen LogP contribution in [0.2, 0.25) is 0 Å². The van der Waals surface area contributed by atoms with Gasteiger partial charge in [-0.25, -0.2) is 0 Å². The molecule has 6 nitrogen and oxygen atoms in total. The highest BCUT2D eigenvalue weighted by molar-refractivity contribution is 5.72. The van der Waals surface area contributed by atoms with E-state index in [-0.39, 0.29) is 11.9 Å². The first kappa shape index (κ1) is 15.2. The van der Waals surface area contributed by atoms with Gasteiger partial charge in [0.2, 0.25) is 6.39 Å². The number of nitrogens with one attached hydrogen (secondary N) is 1. The van der Waals surface area contributed by atoms with Crippen LogP contribution in [0.25, 0.3) is 0 Å². The zero-order valence-electron chi connectivity index (χ0n) is 12.0. The second kappa shape index (κ2) is 8.16. The molecule has 0 spiro atoms. The lowest BCUT2D eigenvalue weighted by molar-refractivity contribution is -0.149. The summed E-state index contributed by atoms with van der Waals surface area (Å²) in [4.78, 5) is 15.8. The van der Waals surface area contributed by atoms with Gasteiger partial charge in [-0.3, -0.25) is 4.79 Å². The van der Waals surface area contributed by atoms with Crippen molar-refractivity contribution in [2.75, 3.05) is 13.1 Å². The third-order valence-corrected chi connectivity index (χ3v) is 3.01. The molecule has 1 N–H and O–H groups in total. The van der Waals surface area contributed by atoms with Gasteiger partial charge in [0.15, 0.2) is 5.82 Å². The molecule has 0 aliphatic rings. The molecule has 2 aromatic rings. The lowest BCUT2D eigenvalue weighted by atomic mass is 10.2. The molecule has 1 heterocycles. The highest BCUT2D eigenvalue weighted by atomic mass is 16.5. The zero-order chi connectivity index (χ0) is 14.9. The zero-order valence-corrected chi connectivity index (χ0v) is 12.0. The Hall–Kier alpha value is -2.21. The number of carbonyl (C=O) groups is 1. The molecule has 112 valence electrons. The largest absolute Gasteiger partial charge is 0.461 e. The number of esters is 1. The molecule has 21 heavy (non-hydrogen) atoms. The Bertz CT molecular complexity index is 528. The van der Waals surface area contributed by atoms with Gasteiger partial charge in [-0.2, -0.15) is 4.98 Å². The van der Waals surface area contributed by atoms with E-state index in [2.05, 4.69) is 20.0 Å². The maximum atomic E-state index is 11.8. The Labute approximate surface area is 123 Å². The first-order valence-electron chi connectivity index (χ1n) is 6.92. The third kappa shape index (κ3) is 5.35. The second-order valence-corrected chi connectivity index (χ2v) is 4.80. The van der Waals surface area contributed by atoms with Crippen LogP contribution in [0.15, 0.2) is 41.2 Å². The minimum absolute atomic E-state index is 0.195. The predicted molar refractivity (Wildman–Crippen MR) is 76.3 cm³/mol. The van der Waals surface area contributed by atoms with Crippen molar-refractivity contribution in [1.29, 1.82) is 0 Å². The van der Waals surface area contributed by atoms with Gasteiger partial charge in [-0.05, 0) is 5.56 Å². The molecular weight excluding hydrogens is 270 g/mol. The van der Waals surface area contributed by atoms with Crippen LogP contribution in [0.4, 0.5) is 0 Å². The SMILES string of the molecule is CC(CNCCc1ncon1)C(=O)OCc1ccccc1. The molecule has 6 heteroatoms. The van der Waals surface area contributed by atoms with Crippen molar-refractivity contribution in [2.24, 2.45) is 5.92 Å². The van der Waals surface area contributed by atoms with Crippen molar-refractivity contribution in [2.45, 2.75) is 20.0 Å². The Morgan fingerprint density at radius 3 is 2.90 bits per heavy atom. The van der Waals surface area contributed by atoms with Crippen molar-refractivity contribution in [3.63, 3.8) is 0 Å². The summed E-state index contributed by atoms with van der Waals surface area (Å²) in [6.45, 7) is 3.41. The molecule has 0 saturated carbocycles. The average Bonchev–Trinajstić information content (AvgIpc) is 3.03. The summed E-state index contributed by atoms with van der Waals surface area (Å²) in [6.07, 6.45) is 1.97. The second-order valence-electron chi connectivity index (χ2n) is 4.80. The average molecular weight is 289 g/mol. The van der Waals surface area contributed by atoms with E-state index in [1.54, 1.807) is 0 Å². The molecular formula is C15H19N3O3. The number of rotatable bonds is 8. The van der Waals surface area contributed by atoms with Gasteiger partial charge in [0.25, 0.3) is 0 Å². The number of hydrogen-bond donors (Lipinski definition) is 1. The molecule has 0 saturated heterocycles. The molecule has 0 bridgehead atoms. The quantitative estimate of drug-likeness (QED) is 0.587. The minimum Gasteiger partial charge on any atom is -0.461 e. The van der Waals surface area contributed by atoms with Crippen molar-refractivity contribution in [3.05, 3.63) is 48.1 Å². The van der Waals surface area contributed by atoms with Crippen LogP contribution in [0.5, 0.6) is 0 Å². The number of carbonyl (C=O) groups excluding carboxylic acids is 1. The van der Waals surface area contributed by atoms with Crippen LogP contribution in [-0.2, 0) is 22.6 Å². The van der Waals surface area contributed by atoms with Gasteiger partial charge >= 0.3 is 5.97 Å². The molecule has 1 atom stereocenters. The third-order valence-electron chi connectivity index (χ3n) is 3.01. The predicted octanol–water partition coefficient (Wildman–Crippen LogP) is 1.58. The van der Waals surface area contributed by atoms with Crippen molar-refractivity contribution in [1.82, 2.24) is 15.5 Å². The highest BCUT2D eigenvalue weighted by Crippen LogP contribution is 2.04. The normalized spacial score (nSPS) is 12.0. The van der Waals surface area contributed by atoms with Crippen molar-refractivity contribution in [3.8, 4) is 0 Å². The summed E-state index contributed by atoms with van der Waals surface area (Å²) in [7, 11) is 0. The molecule has 2 rings (SSSR count). The summed E-state index contributed by atoms with van der Waals surface area (Å²) < 4.78 is 9.92. The van der Waals surface area contributed by atoms with E-state index in [1.165, 1.54) is 6.39 Å². The molecule has 0 aliphatic carbocycles. The van der Waals surface area contributed by atoms with E-state index in [9.17, 15) is 4.79 Å². The van der Waals surface area contributed by atoms with Gasteiger partial charge in [0.1, 0.15) is 6.61 Å². The number of ether oxygens (including phenoxy) is 1. The fraction of sp³-hybridized carbons (Fsp3) is 0.400. The number of nitrogens with zero attached hydrogens (tertiary/aromatic N) is 2. The van der Waals surface area contributed by atoms with Crippen LogP contribution < -0.4 is 5.32 Å². The number of aromatic nitrogens is 2. The van der Waals surface area contributed by atoms with E-state index in [0.717, 1.165) is 5.56 Å². The number of hydrogen-bond acceptors (Lipinski definition) is 6. The van der Waals surface area contributed by atoms with Crippen LogP contribution in [-0.4, -0.2) is 29.2 Å². The lowest BCUT2D eigenvalue weighted by Crippen LogP contribution is -2.29. The highest BCUT2D eigenvalue weighted by Gasteiger charge is 2.14. The van der Waals surface area contributed by atoms with E-state index >= 15 is 0 Å². The van der Waals surface area contributed by atoms with Crippen LogP contribution in [0.1, 0.15) is 18.3 Å². The van der Waals surface area contributed by atoms with E-state index in [4.69, 9.17) is 4.74 Å². The molecule has 0 fully saturated rings. The summed E-state index contributed by atoms with van der Waals surface area (Å²) in [6, 6.07) is 9.64. The van der Waals surface area contributed by atoms with Crippen molar-refractivity contribution >= 4 is 5.97 Å². The number of benzene rings is 1. The summed E-state index contributed by atoms with van der Waals surface area (Å²) in [5.74, 6) is 0.256. The molecule has 1 aromatic carbocycles.